The van der Waals surface area contributed by atoms with Crippen LogP contribution < -0.4 is 4.74 Å². The van der Waals surface area contributed by atoms with Gasteiger partial charge in [0.15, 0.2) is 0 Å². The molecule has 0 amide bonds. The van der Waals surface area contributed by atoms with E-state index in [1.807, 2.05) is 0 Å². The van der Waals surface area contributed by atoms with Crippen LogP contribution in [-0.2, 0) is 17.4 Å². The van der Waals surface area contributed by atoms with Gasteiger partial charge in [-0.25, -0.2) is 0 Å². The number of rotatable bonds is 4. The number of alkyl halides is 3. The maximum absolute atomic E-state index is 12.6. The fraction of sp³-hybridized carbons (Fsp3) is 0.188. The summed E-state index contributed by atoms with van der Waals surface area (Å²) in [6, 6.07) is 9.46. The third-order valence-corrected chi connectivity index (χ3v) is 3.18. The number of hydrogen-bond donors (Lipinski definition) is 1. The second-order valence-corrected chi connectivity index (χ2v) is 4.67. The van der Waals surface area contributed by atoms with Gasteiger partial charge in [0.05, 0.1) is 19.1 Å². The van der Waals surface area contributed by atoms with Gasteiger partial charge in [-0.2, -0.15) is 13.2 Å². The average Bonchev–Trinajstić information content (AvgIpc) is 2.46. The first-order valence-electron chi connectivity index (χ1n) is 6.37. The van der Waals surface area contributed by atoms with Crippen molar-refractivity contribution in [2.24, 2.45) is 0 Å². The lowest BCUT2D eigenvalue weighted by atomic mass is 9.96. The monoisotopic (exact) mass is 310 g/mol. The molecule has 0 aliphatic rings. The van der Waals surface area contributed by atoms with E-state index in [0.29, 0.717) is 22.4 Å². The summed E-state index contributed by atoms with van der Waals surface area (Å²) >= 11 is 0. The van der Waals surface area contributed by atoms with Crippen LogP contribution in [0.1, 0.15) is 11.1 Å². The van der Waals surface area contributed by atoms with Gasteiger partial charge < -0.3 is 9.84 Å². The molecule has 2 rings (SSSR count). The van der Waals surface area contributed by atoms with E-state index in [2.05, 4.69) is 0 Å². The van der Waals surface area contributed by atoms with Crippen LogP contribution in [0.5, 0.6) is 5.75 Å². The Morgan fingerprint density at radius 1 is 1.14 bits per heavy atom. The first kappa shape index (κ1) is 15.9. The molecule has 0 fully saturated rings. The van der Waals surface area contributed by atoms with Crippen molar-refractivity contribution < 1.29 is 27.8 Å². The molecule has 6 heteroatoms. The Hall–Kier alpha value is -2.50. The Morgan fingerprint density at radius 3 is 2.27 bits per heavy atom. The zero-order valence-electron chi connectivity index (χ0n) is 11.6. The lowest BCUT2D eigenvalue weighted by Gasteiger charge is -2.12. The van der Waals surface area contributed by atoms with Crippen LogP contribution in [0, 0.1) is 0 Å². The van der Waals surface area contributed by atoms with Crippen molar-refractivity contribution in [1.29, 1.82) is 0 Å². The molecule has 0 saturated heterocycles. The molecule has 0 aliphatic carbocycles. The third-order valence-electron chi connectivity index (χ3n) is 3.18. The summed E-state index contributed by atoms with van der Waals surface area (Å²) in [6.07, 6.45) is -4.64. The Balaban J connectivity index is 2.45. The molecule has 22 heavy (non-hydrogen) atoms. The molecule has 0 aromatic heterocycles. The van der Waals surface area contributed by atoms with Crippen molar-refractivity contribution in [3.05, 3.63) is 53.6 Å². The summed E-state index contributed by atoms with van der Waals surface area (Å²) in [4.78, 5) is 10.9. The second kappa shape index (κ2) is 6.09. The quantitative estimate of drug-likeness (QED) is 0.928. The summed E-state index contributed by atoms with van der Waals surface area (Å²) in [7, 11) is 1.46. The zero-order chi connectivity index (χ0) is 16.3. The first-order valence-corrected chi connectivity index (χ1v) is 6.37. The van der Waals surface area contributed by atoms with Crippen LogP contribution in [0.25, 0.3) is 11.1 Å². The highest BCUT2D eigenvalue weighted by molar-refractivity contribution is 5.77. The van der Waals surface area contributed by atoms with Gasteiger partial charge in [-0.3, -0.25) is 4.79 Å². The number of hydrogen-bond acceptors (Lipinski definition) is 2. The molecule has 0 aliphatic heterocycles. The van der Waals surface area contributed by atoms with Gasteiger partial charge in [0.25, 0.3) is 0 Å². The van der Waals surface area contributed by atoms with Crippen LogP contribution >= 0.6 is 0 Å². The highest BCUT2D eigenvalue weighted by Gasteiger charge is 2.30. The van der Waals surface area contributed by atoms with E-state index in [1.165, 1.54) is 19.2 Å². The predicted molar refractivity (Wildman–Crippen MR) is 74.8 cm³/mol. The number of carboxylic acids is 1. The van der Waals surface area contributed by atoms with Crippen molar-refractivity contribution in [3.63, 3.8) is 0 Å². The maximum atomic E-state index is 12.6. The number of aliphatic carboxylic acids is 1. The van der Waals surface area contributed by atoms with Gasteiger partial charge in [-0.15, -0.1) is 0 Å². The molecule has 3 nitrogen and oxygen atoms in total. The van der Waals surface area contributed by atoms with Gasteiger partial charge in [0.1, 0.15) is 5.75 Å². The third kappa shape index (κ3) is 3.58. The smallest absolute Gasteiger partial charge is 0.416 e. The molecular formula is C16H13F3O3. The van der Waals surface area contributed by atoms with E-state index < -0.39 is 17.7 Å². The van der Waals surface area contributed by atoms with Gasteiger partial charge in [-0.1, -0.05) is 18.2 Å². The number of carbonyl (C=O) groups is 1. The van der Waals surface area contributed by atoms with E-state index in [9.17, 15) is 18.0 Å². The second-order valence-electron chi connectivity index (χ2n) is 4.67. The fourth-order valence-corrected chi connectivity index (χ4v) is 2.13. The molecule has 2 aromatic carbocycles. The minimum atomic E-state index is -4.40. The summed E-state index contributed by atoms with van der Waals surface area (Å²) in [5.41, 5.74) is 0.819. The van der Waals surface area contributed by atoms with Crippen molar-refractivity contribution in [1.82, 2.24) is 0 Å². The summed E-state index contributed by atoms with van der Waals surface area (Å²) in [6.45, 7) is 0. The molecule has 0 spiro atoms. The Labute approximate surface area is 125 Å². The van der Waals surface area contributed by atoms with E-state index in [-0.39, 0.29) is 6.42 Å². The highest BCUT2D eigenvalue weighted by atomic mass is 19.4. The number of carboxylic acid groups (broad SMARTS) is 1. The van der Waals surface area contributed by atoms with Crippen LogP contribution in [-0.4, -0.2) is 18.2 Å². The largest absolute Gasteiger partial charge is 0.497 e. The first-order chi connectivity index (χ1) is 10.3. The molecule has 0 saturated carbocycles. The van der Waals surface area contributed by atoms with E-state index in [4.69, 9.17) is 9.84 Å². The number of methoxy groups -OCH3 is 1. The highest BCUT2D eigenvalue weighted by Crippen LogP contribution is 2.33. The summed E-state index contributed by atoms with van der Waals surface area (Å²) < 4.78 is 42.8. The lowest BCUT2D eigenvalue weighted by molar-refractivity contribution is -0.138. The minimum Gasteiger partial charge on any atom is -0.497 e. The van der Waals surface area contributed by atoms with Crippen LogP contribution in [0.4, 0.5) is 13.2 Å². The van der Waals surface area contributed by atoms with E-state index in [0.717, 1.165) is 12.1 Å². The van der Waals surface area contributed by atoms with Crippen LogP contribution in [0.15, 0.2) is 42.5 Å². The van der Waals surface area contributed by atoms with Crippen molar-refractivity contribution in [2.75, 3.05) is 7.11 Å². The molecule has 1 N–H and O–H groups in total. The normalized spacial score (nSPS) is 11.3. The van der Waals surface area contributed by atoms with Crippen molar-refractivity contribution >= 4 is 5.97 Å². The van der Waals surface area contributed by atoms with E-state index in [1.54, 1.807) is 18.2 Å². The average molecular weight is 310 g/mol. The molecular weight excluding hydrogens is 297 g/mol. The Bertz CT molecular complexity index is 676. The van der Waals surface area contributed by atoms with Crippen LogP contribution in [0.2, 0.25) is 0 Å². The molecule has 0 atom stereocenters. The van der Waals surface area contributed by atoms with Gasteiger partial charge >= 0.3 is 12.1 Å². The SMILES string of the molecule is COc1ccc(-c2ccc(C(F)(F)F)cc2)c(CC(=O)O)c1. The Morgan fingerprint density at radius 2 is 1.77 bits per heavy atom. The molecule has 0 radical (unpaired) electrons. The Kier molecular flexibility index (Phi) is 4.40. The summed E-state index contributed by atoms with van der Waals surface area (Å²) in [5.74, 6) is -0.534. The zero-order valence-corrected chi connectivity index (χ0v) is 11.6. The molecule has 116 valence electrons. The van der Waals surface area contributed by atoms with Gasteiger partial charge in [0.2, 0.25) is 0 Å². The van der Waals surface area contributed by atoms with Crippen LogP contribution in [0.3, 0.4) is 0 Å². The predicted octanol–water partition coefficient (Wildman–Crippen LogP) is 4.01. The summed E-state index contributed by atoms with van der Waals surface area (Å²) in [5, 5.41) is 8.96. The lowest BCUT2D eigenvalue weighted by Crippen LogP contribution is -2.05. The number of ether oxygens (including phenoxy) is 1. The minimum absolute atomic E-state index is 0.243. The van der Waals surface area contributed by atoms with Crippen molar-refractivity contribution in [3.8, 4) is 16.9 Å². The number of halogens is 3. The fourth-order valence-electron chi connectivity index (χ4n) is 2.13. The van der Waals surface area contributed by atoms with E-state index >= 15 is 0 Å². The molecule has 0 bridgehead atoms. The van der Waals surface area contributed by atoms with Gasteiger partial charge in [0, 0.05) is 0 Å². The molecule has 0 heterocycles. The topological polar surface area (TPSA) is 46.5 Å². The number of benzene rings is 2. The standard InChI is InChI=1S/C16H13F3O3/c1-22-13-6-7-14(11(8-13)9-15(20)21)10-2-4-12(5-3-10)16(17,18)19/h2-8H,9H2,1H3,(H,20,21). The van der Waals surface area contributed by atoms with Crippen molar-refractivity contribution in [2.45, 2.75) is 12.6 Å². The maximum Gasteiger partial charge on any atom is 0.416 e. The molecule has 0 unspecified atom stereocenters. The molecule has 2 aromatic rings. The van der Waals surface area contributed by atoms with Gasteiger partial charge in [-0.05, 0) is 41.0 Å².